The van der Waals surface area contributed by atoms with E-state index in [2.05, 4.69) is 11.4 Å². The molecule has 0 saturated heterocycles. The molecule has 5 heteroatoms. The molecule has 1 aliphatic carbocycles. The van der Waals surface area contributed by atoms with Crippen LogP contribution in [0.25, 0.3) is 0 Å². The molecule has 21 heavy (non-hydrogen) atoms. The maximum atomic E-state index is 6.20. The van der Waals surface area contributed by atoms with Crippen LogP contribution in [0.3, 0.4) is 0 Å². The van der Waals surface area contributed by atoms with Gasteiger partial charge in [0.2, 0.25) is 0 Å². The van der Waals surface area contributed by atoms with Crippen LogP contribution < -0.4 is 11.1 Å². The molecule has 108 valence electrons. The third-order valence-corrected chi connectivity index (χ3v) is 4.24. The number of hydrogen-bond donors (Lipinski definition) is 2. The molecule has 0 spiro atoms. The van der Waals surface area contributed by atoms with Gasteiger partial charge in [-0.2, -0.15) is 0 Å². The first kappa shape index (κ1) is 14.3. The summed E-state index contributed by atoms with van der Waals surface area (Å²) in [6.07, 6.45) is 4.43. The van der Waals surface area contributed by atoms with E-state index in [0.717, 1.165) is 29.8 Å². The number of nitrogens with two attached hydrogens (primary N) is 1. The zero-order valence-electron chi connectivity index (χ0n) is 11.5. The van der Waals surface area contributed by atoms with E-state index in [9.17, 15) is 0 Å². The minimum absolute atomic E-state index is 0.352. The summed E-state index contributed by atoms with van der Waals surface area (Å²) in [5.41, 5.74) is 9.84. The summed E-state index contributed by atoms with van der Waals surface area (Å²) in [7, 11) is 0. The van der Waals surface area contributed by atoms with Gasteiger partial charge in [-0.15, -0.1) is 0 Å². The van der Waals surface area contributed by atoms with Crippen molar-refractivity contribution in [3.8, 4) is 0 Å². The lowest BCUT2D eigenvalue weighted by Crippen LogP contribution is -2.17. The van der Waals surface area contributed by atoms with Crippen LogP contribution in [0.1, 0.15) is 29.7 Å². The number of anilines is 2. The van der Waals surface area contributed by atoms with Crippen LogP contribution in [0.5, 0.6) is 0 Å². The van der Waals surface area contributed by atoms with Gasteiger partial charge in [0, 0.05) is 5.69 Å². The van der Waals surface area contributed by atoms with Crippen molar-refractivity contribution >= 4 is 40.3 Å². The first-order chi connectivity index (χ1) is 10.1. The number of hydrogen-bond acceptors (Lipinski definition) is 3. The highest BCUT2D eigenvalue weighted by atomic mass is 35.5. The van der Waals surface area contributed by atoms with Crippen molar-refractivity contribution in [2.24, 2.45) is 5.73 Å². The molecule has 1 aliphatic rings. The molecule has 3 nitrogen and oxygen atoms in total. The Balaban J connectivity index is 2.04. The maximum Gasteiger partial charge on any atom is 0.140 e. The molecule has 0 bridgehead atoms. The van der Waals surface area contributed by atoms with E-state index in [-0.39, 0.29) is 0 Å². The molecule has 0 radical (unpaired) electrons. The highest BCUT2D eigenvalue weighted by Crippen LogP contribution is 2.29. The van der Waals surface area contributed by atoms with Crippen LogP contribution in [0.15, 0.2) is 30.3 Å². The van der Waals surface area contributed by atoms with Gasteiger partial charge in [0.1, 0.15) is 10.8 Å². The number of nitrogens with zero attached hydrogens (tertiary/aromatic N) is 1. The van der Waals surface area contributed by atoms with Crippen LogP contribution in [0, 0.1) is 0 Å². The fourth-order valence-electron chi connectivity index (χ4n) is 2.61. The topological polar surface area (TPSA) is 50.9 Å². The largest absolute Gasteiger partial charge is 0.389 e. The van der Waals surface area contributed by atoms with Gasteiger partial charge in [-0.25, -0.2) is 4.98 Å². The number of para-hydroxylation sites is 1. The van der Waals surface area contributed by atoms with Crippen molar-refractivity contribution in [1.29, 1.82) is 0 Å². The Labute approximate surface area is 134 Å². The number of rotatable bonds is 3. The highest BCUT2D eigenvalue weighted by molar-refractivity contribution is 7.80. The van der Waals surface area contributed by atoms with Crippen molar-refractivity contribution in [2.45, 2.75) is 25.7 Å². The van der Waals surface area contributed by atoms with Crippen molar-refractivity contribution in [3.05, 3.63) is 52.2 Å². The number of halogens is 1. The van der Waals surface area contributed by atoms with E-state index in [1.54, 1.807) is 0 Å². The van der Waals surface area contributed by atoms with Crippen LogP contribution in [-0.2, 0) is 12.8 Å². The van der Waals surface area contributed by atoms with E-state index >= 15 is 0 Å². The molecule has 0 aliphatic heterocycles. The van der Waals surface area contributed by atoms with Gasteiger partial charge in [-0.1, -0.05) is 36.0 Å². The van der Waals surface area contributed by atoms with Gasteiger partial charge in [0.25, 0.3) is 0 Å². The molecule has 0 fully saturated rings. The van der Waals surface area contributed by atoms with Crippen molar-refractivity contribution in [2.75, 3.05) is 5.32 Å². The molecule has 2 aromatic rings. The number of thiocarbonyl (C=S) groups is 1. The maximum absolute atomic E-state index is 6.20. The van der Waals surface area contributed by atoms with Gasteiger partial charge in [0.05, 0.1) is 16.3 Å². The zero-order chi connectivity index (χ0) is 14.8. The second kappa shape index (κ2) is 6.00. The summed E-state index contributed by atoms with van der Waals surface area (Å²) < 4.78 is 0. The predicted molar refractivity (Wildman–Crippen MR) is 91.5 cm³/mol. The van der Waals surface area contributed by atoms with Crippen molar-refractivity contribution < 1.29 is 0 Å². The molecule has 1 aromatic heterocycles. The summed E-state index contributed by atoms with van der Waals surface area (Å²) in [6.45, 7) is 0. The standard InChI is InChI=1S/C16H16ClN3S/c17-12-6-2-4-8-14(12)20-16-11(15(18)21)9-10-5-1-3-7-13(10)19-16/h2,4,6,8-9H,1,3,5,7H2,(H2,18,21)(H,19,20). The van der Waals surface area contributed by atoms with Crippen LogP contribution in [0.2, 0.25) is 5.02 Å². The molecule has 1 aromatic carbocycles. The van der Waals surface area contributed by atoms with Crippen LogP contribution in [0.4, 0.5) is 11.5 Å². The van der Waals surface area contributed by atoms with E-state index in [1.165, 1.54) is 18.4 Å². The minimum atomic E-state index is 0.352. The van der Waals surface area contributed by atoms with Gasteiger partial charge in [0.15, 0.2) is 0 Å². The van der Waals surface area contributed by atoms with Gasteiger partial charge < -0.3 is 11.1 Å². The Kier molecular flexibility index (Phi) is 4.08. The minimum Gasteiger partial charge on any atom is -0.389 e. The predicted octanol–water partition coefficient (Wildman–Crippen LogP) is 3.99. The van der Waals surface area contributed by atoms with Gasteiger partial charge in [-0.3, -0.25) is 0 Å². The Hall–Kier alpha value is -1.65. The normalized spacial score (nSPS) is 13.6. The molecular formula is C16H16ClN3S. The third kappa shape index (κ3) is 3.01. The molecule has 0 unspecified atom stereocenters. The molecule has 0 atom stereocenters. The SMILES string of the molecule is NC(=S)c1cc2c(nc1Nc1ccccc1Cl)CCCC2. The monoisotopic (exact) mass is 317 g/mol. The van der Waals surface area contributed by atoms with Gasteiger partial charge in [-0.05, 0) is 49.4 Å². The second-order valence-electron chi connectivity index (χ2n) is 5.17. The molecule has 3 rings (SSSR count). The average Bonchev–Trinajstić information content (AvgIpc) is 2.48. The number of aryl methyl sites for hydroxylation is 2. The van der Waals surface area contributed by atoms with E-state index in [4.69, 9.17) is 34.5 Å². The number of nitrogens with one attached hydrogen (secondary N) is 1. The molecule has 1 heterocycles. The number of benzene rings is 1. The summed E-state index contributed by atoms with van der Waals surface area (Å²) in [4.78, 5) is 5.09. The molecule has 0 saturated carbocycles. The first-order valence-electron chi connectivity index (χ1n) is 6.99. The third-order valence-electron chi connectivity index (χ3n) is 3.69. The summed E-state index contributed by atoms with van der Waals surface area (Å²) >= 11 is 11.4. The van der Waals surface area contributed by atoms with Crippen LogP contribution >= 0.6 is 23.8 Å². The summed E-state index contributed by atoms with van der Waals surface area (Å²) in [6, 6.07) is 9.63. The highest BCUT2D eigenvalue weighted by Gasteiger charge is 2.17. The summed E-state index contributed by atoms with van der Waals surface area (Å²) in [5.74, 6) is 0.691. The van der Waals surface area contributed by atoms with Crippen molar-refractivity contribution in [1.82, 2.24) is 4.98 Å². The van der Waals surface area contributed by atoms with Crippen LogP contribution in [-0.4, -0.2) is 9.97 Å². The fraction of sp³-hybridized carbons (Fsp3) is 0.250. The number of aromatic nitrogens is 1. The quantitative estimate of drug-likeness (QED) is 0.840. The lowest BCUT2D eigenvalue weighted by molar-refractivity contribution is 0.668. The molecule has 0 amide bonds. The zero-order valence-corrected chi connectivity index (χ0v) is 13.1. The molecular weight excluding hydrogens is 302 g/mol. The summed E-state index contributed by atoms with van der Waals surface area (Å²) in [5, 5.41) is 3.91. The smallest absolute Gasteiger partial charge is 0.140 e. The van der Waals surface area contributed by atoms with Crippen molar-refractivity contribution in [3.63, 3.8) is 0 Å². The fourth-order valence-corrected chi connectivity index (χ4v) is 2.95. The Bertz CT molecular complexity index is 700. The van der Waals surface area contributed by atoms with E-state index in [1.807, 2.05) is 24.3 Å². The number of pyridine rings is 1. The van der Waals surface area contributed by atoms with E-state index < -0.39 is 0 Å². The molecule has 3 N–H and O–H groups in total. The second-order valence-corrected chi connectivity index (χ2v) is 6.01. The lowest BCUT2D eigenvalue weighted by Gasteiger charge is -2.19. The van der Waals surface area contributed by atoms with E-state index in [0.29, 0.717) is 15.8 Å². The number of fused-ring (bicyclic) bond motifs is 1. The Morgan fingerprint density at radius 3 is 2.76 bits per heavy atom. The Morgan fingerprint density at radius 2 is 2.00 bits per heavy atom. The average molecular weight is 318 g/mol. The first-order valence-corrected chi connectivity index (χ1v) is 7.78. The van der Waals surface area contributed by atoms with Gasteiger partial charge >= 0.3 is 0 Å². The Morgan fingerprint density at radius 1 is 1.24 bits per heavy atom. The lowest BCUT2D eigenvalue weighted by atomic mass is 9.94.